The van der Waals surface area contributed by atoms with E-state index in [0.29, 0.717) is 0 Å². The Morgan fingerprint density at radius 3 is 1.87 bits per heavy atom. The summed E-state index contributed by atoms with van der Waals surface area (Å²) in [5, 5.41) is 2.64. The van der Waals surface area contributed by atoms with Gasteiger partial charge in [0.05, 0.1) is 21.6 Å². The molecule has 9 aromatic rings. The summed E-state index contributed by atoms with van der Waals surface area (Å²) in [5.41, 5.74) is 26.1. The summed E-state index contributed by atoms with van der Waals surface area (Å²) < 4.78 is 2.64. The van der Waals surface area contributed by atoms with Crippen molar-refractivity contribution in [3.05, 3.63) is 185 Å². The molecule has 0 amide bonds. The molecule has 0 N–H and O–H groups in total. The van der Waals surface area contributed by atoms with Crippen molar-refractivity contribution in [2.45, 2.75) is 160 Å². The number of hydrogen-bond donors (Lipinski definition) is 0. The highest BCUT2D eigenvalue weighted by Gasteiger charge is 2.61. The van der Waals surface area contributed by atoms with E-state index in [9.17, 15) is 0 Å². The molecule has 15 rings (SSSR count). The second-order valence-electron chi connectivity index (χ2n) is 27.8. The standard InChI is InChI=1S/C73H74BN3S/c1-45-39-62-65-63(40-45)77-66-53(72(10)33-17-18-34-73(72,77)11)25-20-26-58(66)74(65)57-32-30-48(42-61(57)76(62)60-44-56-55(70(6,7)37-38-71(56,8)9)43-51(60)46-21-13-12-14-22-46)75(47-29-31-52-54(41-47)69(4,5)36-35-68(52,2)3)59-27-19-24-50-49-23-15-16-28-64(49)78-67(50)59/h12-16,19-32,39-44H,17-18,33-38H2,1-11H3. The van der Waals surface area contributed by atoms with E-state index in [1.165, 1.54) is 153 Å². The highest BCUT2D eigenvalue weighted by atomic mass is 32.1. The average molecular weight is 1040 g/mol. The number of anilines is 8. The SMILES string of the molecule is Cc1cc2c3c(c1)N1c4c(cccc4C4(C)CCCCC14C)B3c1ccc(N(c3ccc4c(c3)C(C)(C)CCC4(C)C)c3cccc4c3sc3ccccc34)cc1N2c1cc2c(cc1-c1ccccc1)C(C)(C)CCC2(C)C. The molecule has 1 fully saturated rings. The predicted octanol–water partition coefficient (Wildman–Crippen LogP) is 18.6. The monoisotopic (exact) mass is 1040 g/mol. The molecular formula is C73H74BN3S. The number of rotatable bonds is 5. The van der Waals surface area contributed by atoms with E-state index in [0.717, 1.165) is 19.3 Å². The van der Waals surface area contributed by atoms with Gasteiger partial charge in [-0.1, -0.05) is 166 Å². The summed E-state index contributed by atoms with van der Waals surface area (Å²) in [4.78, 5) is 8.29. The molecule has 4 heterocycles. The van der Waals surface area contributed by atoms with Crippen LogP contribution in [0.5, 0.6) is 0 Å². The fourth-order valence-electron chi connectivity index (χ4n) is 16.5. The number of hydrogen-bond acceptors (Lipinski definition) is 4. The molecule has 78 heavy (non-hydrogen) atoms. The summed E-state index contributed by atoms with van der Waals surface area (Å²) in [6.45, 7) is 27.4. The number of thiophene rings is 1. The van der Waals surface area contributed by atoms with E-state index in [1.807, 2.05) is 11.3 Å². The Balaban J connectivity index is 1.06. The van der Waals surface area contributed by atoms with Crippen molar-refractivity contribution in [1.29, 1.82) is 0 Å². The molecule has 0 spiro atoms. The minimum atomic E-state index is -0.0470. The van der Waals surface area contributed by atoms with Crippen LogP contribution in [0.3, 0.4) is 0 Å². The summed E-state index contributed by atoms with van der Waals surface area (Å²) >= 11 is 1.93. The third kappa shape index (κ3) is 6.57. The van der Waals surface area contributed by atoms with Gasteiger partial charge in [-0.05, 0) is 190 Å². The summed E-state index contributed by atoms with van der Waals surface area (Å²) in [5.74, 6) is 0. The maximum atomic E-state index is 2.89. The molecule has 390 valence electrons. The molecule has 6 aliphatic rings. The third-order valence-electron chi connectivity index (χ3n) is 21.4. The van der Waals surface area contributed by atoms with E-state index >= 15 is 0 Å². The minimum absolute atomic E-state index is 0.00327. The van der Waals surface area contributed by atoms with Crippen molar-refractivity contribution in [2.24, 2.45) is 0 Å². The Bertz CT molecular complexity index is 4030. The van der Waals surface area contributed by atoms with Crippen LogP contribution in [0.1, 0.15) is 154 Å². The first-order valence-corrected chi connectivity index (χ1v) is 30.2. The van der Waals surface area contributed by atoms with Crippen LogP contribution in [0, 0.1) is 6.92 Å². The van der Waals surface area contributed by atoms with Gasteiger partial charge in [0.15, 0.2) is 0 Å². The van der Waals surface area contributed by atoms with Gasteiger partial charge in [0.1, 0.15) is 0 Å². The van der Waals surface area contributed by atoms with Gasteiger partial charge >= 0.3 is 0 Å². The van der Waals surface area contributed by atoms with Crippen molar-refractivity contribution in [1.82, 2.24) is 0 Å². The van der Waals surface area contributed by atoms with Crippen LogP contribution in [0.25, 0.3) is 31.3 Å². The van der Waals surface area contributed by atoms with E-state index < -0.39 is 0 Å². The number of fused-ring (bicyclic) bond motifs is 12. The first kappa shape index (κ1) is 48.6. The van der Waals surface area contributed by atoms with Gasteiger partial charge in [-0.25, -0.2) is 0 Å². The van der Waals surface area contributed by atoms with Crippen LogP contribution in [0.2, 0.25) is 0 Å². The molecule has 1 saturated carbocycles. The molecule has 0 saturated heterocycles. The summed E-state index contributed by atoms with van der Waals surface area (Å²) in [7, 11) is 0. The Morgan fingerprint density at radius 1 is 0.474 bits per heavy atom. The third-order valence-corrected chi connectivity index (χ3v) is 22.6. The quantitative estimate of drug-likeness (QED) is 0.159. The fraction of sp³-hybridized carbons (Fsp3) is 0.342. The van der Waals surface area contributed by atoms with Gasteiger partial charge in [0, 0.05) is 60.6 Å². The molecule has 3 aliphatic carbocycles. The molecule has 5 heteroatoms. The Morgan fingerprint density at radius 2 is 1.10 bits per heavy atom. The lowest BCUT2D eigenvalue weighted by molar-refractivity contribution is 0.195. The van der Waals surface area contributed by atoms with Crippen LogP contribution in [-0.2, 0) is 27.1 Å². The normalized spacial score (nSPS) is 22.3. The van der Waals surface area contributed by atoms with Crippen molar-refractivity contribution < 1.29 is 0 Å². The van der Waals surface area contributed by atoms with Crippen molar-refractivity contribution >= 4 is 100 Å². The molecule has 3 aliphatic heterocycles. The lowest BCUT2D eigenvalue weighted by Crippen LogP contribution is -2.64. The second kappa shape index (κ2) is 16.3. The maximum Gasteiger partial charge on any atom is 0.252 e. The van der Waals surface area contributed by atoms with E-state index in [1.54, 1.807) is 5.56 Å². The zero-order valence-electron chi connectivity index (χ0n) is 47.9. The highest BCUT2D eigenvalue weighted by molar-refractivity contribution is 7.26. The molecular weight excluding hydrogens is 962 g/mol. The first-order valence-electron chi connectivity index (χ1n) is 29.4. The lowest BCUT2D eigenvalue weighted by Gasteiger charge is -2.53. The van der Waals surface area contributed by atoms with Gasteiger partial charge in [0.2, 0.25) is 0 Å². The van der Waals surface area contributed by atoms with Crippen molar-refractivity contribution in [3.8, 4) is 11.1 Å². The summed E-state index contributed by atoms with van der Waals surface area (Å²) in [6.07, 6.45) is 9.59. The molecule has 1 aromatic heterocycles. The highest BCUT2D eigenvalue weighted by Crippen LogP contribution is 2.63. The van der Waals surface area contributed by atoms with Crippen LogP contribution in [0.4, 0.5) is 45.5 Å². The second-order valence-corrected chi connectivity index (χ2v) is 28.8. The molecule has 0 bridgehead atoms. The van der Waals surface area contributed by atoms with E-state index in [2.05, 4.69) is 243 Å². The zero-order valence-corrected chi connectivity index (χ0v) is 48.7. The Kier molecular flexibility index (Phi) is 10.1. The molecule has 2 atom stereocenters. The van der Waals surface area contributed by atoms with Gasteiger partial charge < -0.3 is 14.7 Å². The lowest BCUT2D eigenvalue weighted by atomic mass is 9.33. The van der Waals surface area contributed by atoms with Crippen molar-refractivity contribution in [2.75, 3.05) is 14.7 Å². The van der Waals surface area contributed by atoms with Gasteiger partial charge in [-0.2, -0.15) is 0 Å². The number of nitrogens with zero attached hydrogens (tertiary/aromatic N) is 3. The zero-order chi connectivity index (χ0) is 53.6. The number of benzene rings is 8. The first-order chi connectivity index (χ1) is 37.3. The molecule has 8 aromatic carbocycles. The smallest absolute Gasteiger partial charge is 0.252 e. The van der Waals surface area contributed by atoms with E-state index in [-0.39, 0.29) is 39.3 Å². The molecule has 0 radical (unpaired) electrons. The number of aryl methyl sites for hydroxylation is 1. The van der Waals surface area contributed by atoms with Crippen molar-refractivity contribution in [3.63, 3.8) is 0 Å². The maximum absolute atomic E-state index is 2.89. The predicted molar refractivity (Wildman–Crippen MR) is 337 cm³/mol. The molecule has 2 unspecified atom stereocenters. The van der Waals surface area contributed by atoms with Crippen LogP contribution >= 0.6 is 11.3 Å². The topological polar surface area (TPSA) is 9.72 Å². The number of para-hydroxylation sites is 1. The van der Waals surface area contributed by atoms with Crippen LogP contribution in [-0.4, -0.2) is 12.3 Å². The van der Waals surface area contributed by atoms with Gasteiger partial charge in [0.25, 0.3) is 6.71 Å². The largest absolute Gasteiger partial charge is 0.335 e. The summed E-state index contributed by atoms with van der Waals surface area (Å²) in [6, 6.07) is 60.4. The van der Waals surface area contributed by atoms with Crippen LogP contribution in [0.15, 0.2) is 152 Å². The van der Waals surface area contributed by atoms with Crippen LogP contribution < -0.4 is 31.1 Å². The van der Waals surface area contributed by atoms with Gasteiger partial charge in [-0.3, -0.25) is 0 Å². The minimum Gasteiger partial charge on any atom is -0.335 e. The van der Waals surface area contributed by atoms with E-state index in [4.69, 9.17) is 0 Å². The molecule has 3 nitrogen and oxygen atoms in total. The Labute approximate surface area is 468 Å². The average Bonchev–Trinajstić information content (AvgIpc) is 2.99. The Hall–Kier alpha value is -6.56. The fourth-order valence-corrected chi connectivity index (χ4v) is 17.7. The van der Waals surface area contributed by atoms with Gasteiger partial charge in [-0.15, -0.1) is 11.3 Å².